The highest BCUT2D eigenvalue weighted by Gasteiger charge is 2.31. The van der Waals surface area contributed by atoms with E-state index in [1.807, 2.05) is 27.7 Å². The Kier molecular flexibility index (Phi) is 5.46. The van der Waals surface area contributed by atoms with E-state index in [9.17, 15) is 20.0 Å². The number of hydrogen-bond donors (Lipinski definition) is 1. The number of fused-ring (bicyclic) bond motifs is 1. The van der Waals surface area contributed by atoms with Gasteiger partial charge in [0.05, 0.1) is 32.4 Å². The predicted molar refractivity (Wildman–Crippen MR) is 109 cm³/mol. The average Bonchev–Trinajstić information content (AvgIpc) is 2.63. The van der Waals surface area contributed by atoms with Crippen molar-refractivity contribution in [3.05, 3.63) is 54.4 Å². The molecule has 3 aromatic rings. The minimum absolute atomic E-state index is 0.0218. The molecule has 0 aliphatic rings. The molecule has 0 bridgehead atoms. The first-order valence-electron chi connectivity index (χ1n) is 8.69. The molecule has 0 unspecified atom stereocenters. The molecule has 0 aromatic carbocycles. The summed E-state index contributed by atoms with van der Waals surface area (Å²) in [6.45, 7) is 7.48. The molecule has 0 saturated heterocycles. The van der Waals surface area contributed by atoms with Crippen LogP contribution in [0.1, 0.15) is 50.9 Å². The van der Waals surface area contributed by atoms with Gasteiger partial charge in [-0.1, -0.05) is 50.9 Å². The van der Waals surface area contributed by atoms with Crippen LogP contribution in [0.25, 0.3) is 16.7 Å². The molecule has 0 radical (unpaired) electrons. The van der Waals surface area contributed by atoms with E-state index >= 15 is 0 Å². The summed E-state index contributed by atoms with van der Waals surface area (Å²) in [5.41, 5.74) is -0.858. The van der Waals surface area contributed by atoms with E-state index in [2.05, 4.69) is 15.0 Å². The standard InChI is InChI=1S/C18H17Cl2N5O4/c1-7(2)11-13(12(8(3)4)22-6-21-11)24-17-9(5-10(19)16(20)23-17)15(26)14(18(24)27)25(28)29/h5-8,26H,1-4H3. The zero-order valence-electron chi connectivity index (χ0n) is 16.0. The lowest BCUT2D eigenvalue weighted by Gasteiger charge is -2.20. The van der Waals surface area contributed by atoms with Crippen LogP contribution in [0, 0.1) is 10.1 Å². The molecule has 29 heavy (non-hydrogen) atoms. The highest BCUT2D eigenvalue weighted by atomic mass is 35.5. The van der Waals surface area contributed by atoms with Crippen molar-refractivity contribution in [3.63, 3.8) is 0 Å². The summed E-state index contributed by atoms with van der Waals surface area (Å²) in [5, 5.41) is 21.8. The lowest BCUT2D eigenvalue weighted by atomic mass is 10.0. The normalized spacial score (nSPS) is 11.6. The van der Waals surface area contributed by atoms with Crippen molar-refractivity contribution in [2.45, 2.75) is 39.5 Å². The molecule has 0 atom stereocenters. The third-order valence-corrected chi connectivity index (χ3v) is 5.06. The van der Waals surface area contributed by atoms with Crippen molar-refractivity contribution >= 4 is 39.9 Å². The second-order valence-electron chi connectivity index (χ2n) is 7.03. The van der Waals surface area contributed by atoms with Crippen molar-refractivity contribution in [1.29, 1.82) is 0 Å². The van der Waals surface area contributed by atoms with Gasteiger partial charge in [0.15, 0.2) is 5.65 Å². The summed E-state index contributed by atoms with van der Waals surface area (Å²) in [7, 11) is 0. The lowest BCUT2D eigenvalue weighted by molar-refractivity contribution is -0.387. The van der Waals surface area contributed by atoms with E-state index < -0.39 is 21.9 Å². The zero-order valence-corrected chi connectivity index (χ0v) is 17.5. The number of halogens is 2. The van der Waals surface area contributed by atoms with Crippen LogP contribution in [0.5, 0.6) is 5.75 Å². The second kappa shape index (κ2) is 7.57. The van der Waals surface area contributed by atoms with Crippen LogP contribution < -0.4 is 5.56 Å². The third kappa shape index (κ3) is 3.40. The van der Waals surface area contributed by atoms with Gasteiger partial charge in [-0.3, -0.25) is 19.5 Å². The Bertz CT molecular complexity index is 1180. The van der Waals surface area contributed by atoms with E-state index in [4.69, 9.17) is 23.2 Å². The van der Waals surface area contributed by atoms with Gasteiger partial charge in [-0.15, -0.1) is 0 Å². The van der Waals surface area contributed by atoms with Gasteiger partial charge in [0, 0.05) is 0 Å². The van der Waals surface area contributed by atoms with Crippen molar-refractivity contribution in [3.8, 4) is 11.4 Å². The molecule has 3 rings (SSSR count). The number of aromatic nitrogens is 4. The molecule has 3 heterocycles. The van der Waals surface area contributed by atoms with Crippen LogP contribution >= 0.6 is 23.2 Å². The number of pyridine rings is 2. The second-order valence-corrected chi connectivity index (χ2v) is 7.79. The fourth-order valence-electron chi connectivity index (χ4n) is 3.09. The van der Waals surface area contributed by atoms with Gasteiger partial charge in [0.2, 0.25) is 5.75 Å². The first kappa shape index (κ1) is 20.9. The summed E-state index contributed by atoms with van der Waals surface area (Å²) in [4.78, 5) is 36.5. The van der Waals surface area contributed by atoms with Gasteiger partial charge in [-0.2, -0.15) is 0 Å². The summed E-state index contributed by atoms with van der Waals surface area (Å²) >= 11 is 12.1. The van der Waals surface area contributed by atoms with Gasteiger partial charge in [0.1, 0.15) is 11.5 Å². The molecule has 0 fully saturated rings. The van der Waals surface area contributed by atoms with Gasteiger partial charge < -0.3 is 5.11 Å². The highest BCUT2D eigenvalue weighted by molar-refractivity contribution is 6.41. The van der Waals surface area contributed by atoms with Crippen LogP contribution in [0.2, 0.25) is 10.2 Å². The Labute approximate surface area is 175 Å². The SMILES string of the molecule is CC(C)c1ncnc(C(C)C)c1-n1c(=O)c([N+](=O)[O-])c(O)c2cc(Cl)c(Cl)nc21. The molecule has 9 nitrogen and oxygen atoms in total. The molecule has 0 amide bonds. The first-order chi connectivity index (χ1) is 13.6. The molecule has 0 aliphatic carbocycles. The van der Waals surface area contributed by atoms with E-state index in [1.54, 1.807) is 0 Å². The molecule has 0 saturated carbocycles. The minimum atomic E-state index is -1.07. The van der Waals surface area contributed by atoms with Crippen LogP contribution in [0.4, 0.5) is 5.69 Å². The van der Waals surface area contributed by atoms with Crippen molar-refractivity contribution < 1.29 is 10.0 Å². The van der Waals surface area contributed by atoms with Crippen LogP contribution in [-0.2, 0) is 0 Å². The van der Waals surface area contributed by atoms with Crippen molar-refractivity contribution in [2.75, 3.05) is 0 Å². The van der Waals surface area contributed by atoms with Gasteiger partial charge in [0.25, 0.3) is 0 Å². The van der Waals surface area contributed by atoms with Gasteiger partial charge in [-0.05, 0) is 17.9 Å². The van der Waals surface area contributed by atoms with E-state index in [0.29, 0.717) is 11.4 Å². The number of rotatable bonds is 4. The van der Waals surface area contributed by atoms with E-state index in [-0.39, 0.29) is 38.7 Å². The summed E-state index contributed by atoms with van der Waals surface area (Å²) in [6.07, 6.45) is 1.38. The maximum Gasteiger partial charge on any atom is 0.376 e. The smallest absolute Gasteiger partial charge is 0.376 e. The fraction of sp³-hybridized carbons (Fsp3) is 0.333. The highest BCUT2D eigenvalue weighted by Crippen LogP contribution is 2.37. The van der Waals surface area contributed by atoms with Crippen molar-refractivity contribution in [1.82, 2.24) is 19.5 Å². The lowest BCUT2D eigenvalue weighted by Crippen LogP contribution is -2.26. The molecular formula is C18H17Cl2N5O4. The minimum Gasteiger partial charge on any atom is -0.501 e. The Morgan fingerprint density at radius 2 is 1.69 bits per heavy atom. The van der Waals surface area contributed by atoms with Gasteiger partial charge in [-0.25, -0.2) is 15.0 Å². The number of aromatic hydroxyl groups is 1. The first-order valence-corrected chi connectivity index (χ1v) is 9.45. The molecule has 0 aliphatic heterocycles. The fourth-order valence-corrected chi connectivity index (χ4v) is 3.37. The maximum absolute atomic E-state index is 13.2. The molecule has 11 heteroatoms. The summed E-state index contributed by atoms with van der Waals surface area (Å²) in [5.74, 6) is -1.10. The number of hydrogen-bond acceptors (Lipinski definition) is 7. The van der Waals surface area contributed by atoms with Gasteiger partial charge >= 0.3 is 11.2 Å². The van der Waals surface area contributed by atoms with E-state index in [1.165, 1.54) is 12.4 Å². The Morgan fingerprint density at radius 3 is 2.17 bits per heavy atom. The quantitative estimate of drug-likeness (QED) is 0.365. The van der Waals surface area contributed by atoms with E-state index in [0.717, 1.165) is 4.57 Å². The van der Waals surface area contributed by atoms with Crippen LogP contribution in [0.15, 0.2) is 17.2 Å². The Morgan fingerprint density at radius 1 is 1.14 bits per heavy atom. The number of nitrogens with zero attached hydrogens (tertiary/aromatic N) is 5. The summed E-state index contributed by atoms with van der Waals surface area (Å²) < 4.78 is 1.04. The number of nitro groups is 1. The molecule has 1 N–H and O–H groups in total. The third-order valence-electron chi connectivity index (χ3n) is 4.39. The van der Waals surface area contributed by atoms with Crippen LogP contribution in [0.3, 0.4) is 0 Å². The Hall–Kier alpha value is -2.78. The maximum atomic E-state index is 13.2. The molecule has 0 spiro atoms. The van der Waals surface area contributed by atoms with Crippen molar-refractivity contribution in [2.24, 2.45) is 0 Å². The topological polar surface area (TPSA) is 124 Å². The summed E-state index contributed by atoms with van der Waals surface area (Å²) in [6, 6.07) is 1.23. The average molecular weight is 438 g/mol. The molecular weight excluding hydrogens is 421 g/mol. The molecule has 3 aromatic heterocycles. The monoisotopic (exact) mass is 437 g/mol. The Balaban J connectivity index is 2.67. The molecule has 152 valence electrons. The zero-order chi connectivity index (χ0) is 21.6. The predicted octanol–water partition coefficient (Wildman–Crippen LogP) is 4.34. The largest absolute Gasteiger partial charge is 0.501 e. The van der Waals surface area contributed by atoms with Crippen LogP contribution in [-0.4, -0.2) is 29.5 Å².